The summed E-state index contributed by atoms with van der Waals surface area (Å²) in [6, 6.07) is 0.734. The largest absolute Gasteiger partial charge is 0.322 e. The predicted octanol–water partition coefficient (Wildman–Crippen LogP) is 0.704. The summed E-state index contributed by atoms with van der Waals surface area (Å²) in [4.78, 5) is 2.02. The summed E-state index contributed by atoms with van der Waals surface area (Å²) in [5, 5.41) is -1.03. The van der Waals surface area contributed by atoms with Crippen molar-refractivity contribution in [1.29, 1.82) is 0 Å². The molecule has 0 aromatic carbocycles. The Bertz CT molecular complexity index is 419. The van der Waals surface area contributed by atoms with E-state index in [4.69, 9.17) is 35.1 Å². The van der Waals surface area contributed by atoms with Gasteiger partial charge < -0.3 is 4.90 Å². The van der Waals surface area contributed by atoms with Gasteiger partial charge in [0.05, 0.1) is 28.9 Å². The van der Waals surface area contributed by atoms with Crippen LogP contribution in [0.1, 0.15) is 39.5 Å². The molecule has 6 atom stereocenters. The third-order valence-electron chi connectivity index (χ3n) is 6.45. The molecule has 4 unspecified atom stereocenters. The number of hydrazine groups is 1. The van der Waals surface area contributed by atoms with E-state index in [1.165, 1.54) is 12.8 Å². The topological polar surface area (TPSA) is 27.3 Å². The van der Waals surface area contributed by atoms with Crippen LogP contribution in [0.3, 0.4) is 0 Å². The lowest BCUT2D eigenvalue weighted by Crippen LogP contribution is -2.63. The number of rotatable bonds is 2. The number of likely N-dealkylation sites (tertiary alicyclic amines) is 1. The van der Waals surface area contributed by atoms with E-state index < -0.39 is 5.24 Å². The summed E-state index contributed by atoms with van der Waals surface area (Å²) >= 11 is 6.53. The smallest absolute Gasteiger partial charge is 0.0698 e. The number of piperidine rings is 1. The molecular formula is C15H25B3ClN3. The molecule has 2 N–H and O–H groups in total. The molecule has 3 nitrogen and oxygen atoms in total. The summed E-state index contributed by atoms with van der Waals surface area (Å²) in [6.07, 6.45) is 4.58. The number of halogens is 1. The maximum Gasteiger partial charge on any atom is 0.0698 e. The number of nitrogens with zero attached hydrogens (tertiary/aromatic N) is 1. The number of nitrogens with one attached hydrogen (secondary N) is 2. The van der Waals surface area contributed by atoms with E-state index in [1.807, 2.05) is 4.90 Å². The van der Waals surface area contributed by atoms with Crippen molar-refractivity contribution in [3.05, 3.63) is 0 Å². The van der Waals surface area contributed by atoms with Gasteiger partial charge in [0.25, 0.3) is 0 Å². The molecule has 2 saturated heterocycles. The minimum absolute atomic E-state index is 0.0714. The van der Waals surface area contributed by atoms with Crippen LogP contribution in [0.4, 0.5) is 0 Å². The number of hydrogen-bond donors (Lipinski definition) is 2. The Morgan fingerprint density at radius 3 is 2.59 bits per heavy atom. The predicted molar refractivity (Wildman–Crippen MR) is 94.3 cm³/mol. The van der Waals surface area contributed by atoms with E-state index in [0.717, 1.165) is 25.9 Å². The third kappa shape index (κ3) is 2.89. The van der Waals surface area contributed by atoms with Gasteiger partial charge in [-0.2, -0.15) is 0 Å². The highest BCUT2D eigenvalue weighted by Gasteiger charge is 2.53. The van der Waals surface area contributed by atoms with Crippen molar-refractivity contribution in [1.82, 2.24) is 15.8 Å². The normalized spacial score (nSPS) is 47.3. The van der Waals surface area contributed by atoms with Crippen LogP contribution in [0.2, 0.25) is 0 Å². The molecule has 0 aromatic heterocycles. The quantitative estimate of drug-likeness (QED) is 0.580. The van der Waals surface area contributed by atoms with Crippen molar-refractivity contribution < 1.29 is 0 Å². The van der Waals surface area contributed by atoms with Crippen LogP contribution in [-0.2, 0) is 0 Å². The molecule has 2 heterocycles. The van der Waals surface area contributed by atoms with Crippen LogP contribution in [0.5, 0.6) is 0 Å². The molecule has 0 aromatic rings. The Morgan fingerprint density at radius 2 is 1.91 bits per heavy atom. The minimum Gasteiger partial charge on any atom is -0.322 e. The van der Waals surface area contributed by atoms with E-state index in [9.17, 15) is 0 Å². The van der Waals surface area contributed by atoms with Gasteiger partial charge in [0, 0.05) is 18.6 Å². The molecule has 6 radical (unpaired) electrons. The molecule has 0 amide bonds. The van der Waals surface area contributed by atoms with Gasteiger partial charge in [-0.25, -0.2) is 0 Å². The highest BCUT2D eigenvalue weighted by Crippen LogP contribution is 2.46. The number of alkyl halides is 1. The van der Waals surface area contributed by atoms with Gasteiger partial charge in [-0.3, -0.25) is 10.9 Å². The second kappa shape index (κ2) is 6.02. The number of fused-ring (bicyclic) bond motifs is 1. The fraction of sp³-hybridized carbons (Fsp3) is 1.00. The second-order valence-corrected chi connectivity index (χ2v) is 8.47. The lowest BCUT2D eigenvalue weighted by Gasteiger charge is -2.54. The lowest BCUT2D eigenvalue weighted by molar-refractivity contribution is 0.00344. The summed E-state index contributed by atoms with van der Waals surface area (Å²) in [5.74, 6) is 1.14. The van der Waals surface area contributed by atoms with E-state index in [0.29, 0.717) is 23.9 Å². The Morgan fingerprint density at radius 1 is 1.18 bits per heavy atom. The van der Waals surface area contributed by atoms with E-state index in [1.54, 1.807) is 0 Å². The van der Waals surface area contributed by atoms with Crippen molar-refractivity contribution >= 4 is 35.1 Å². The molecule has 2 aliphatic heterocycles. The molecule has 0 spiro atoms. The van der Waals surface area contributed by atoms with Crippen LogP contribution in [-0.4, -0.2) is 64.2 Å². The molecular weight excluding hydrogens is 290 g/mol. The zero-order valence-corrected chi connectivity index (χ0v) is 14.4. The maximum atomic E-state index is 6.53. The zero-order chi connectivity index (χ0) is 16.1. The standard InChI is InChI=1S/C15H25B3ClN3/c1-9-6-7-22(15(16,17)18)8-14(9,2)13-10-4-3-5-11(19)12(10)20-21-13/h9-13,20-21H,3-8H2,1-2H3/t9-,10?,11?,12?,13+,14?/m0/s1. The third-order valence-corrected chi connectivity index (χ3v) is 6.94. The van der Waals surface area contributed by atoms with Crippen molar-refractivity contribution in [3.8, 4) is 0 Å². The maximum absolute atomic E-state index is 6.53. The molecule has 22 heavy (non-hydrogen) atoms. The Hall–Kier alpha value is 0.365. The minimum atomic E-state index is -1.24. The summed E-state index contributed by atoms with van der Waals surface area (Å²) < 4.78 is 0. The van der Waals surface area contributed by atoms with Crippen LogP contribution >= 0.6 is 11.6 Å². The Balaban J connectivity index is 1.82. The average Bonchev–Trinajstić information content (AvgIpc) is 2.87. The first-order valence-electron chi connectivity index (χ1n) is 8.50. The summed E-state index contributed by atoms with van der Waals surface area (Å²) in [6.45, 7) is 6.34. The van der Waals surface area contributed by atoms with Crippen LogP contribution in [0, 0.1) is 17.3 Å². The molecule has 3 aliphatic rings. The SMILES string of the molecule is [B]C([B])([B])N1CC[C@H](C)C(C)([C@@H]2NNC3C(Cl)CCCC32)C1. The first-order valence-corrected chi connectivity index (χ1v) is 8.94. The molecule has 3 fully saturated rings. The van der Waals surface area contributed by atoms with Gasteiger partial charge in [-0.05, 0) is 43.1 Å². The first-order chi connectivity index (χ1) is 10.2. The fourth-order valence-corrected chi connectivity index (χ4v) is 5.16. The van der Waals surface area contributed by atoms with Crippen molar-refractivity contribution in [2.75, 3.05) is 13.1 Å². The monoisotopic (exact) mass is 315 g/mol. The molecule has 7 heteroatoms. The molecule has 116 valence electrons. The Kier molecular flexibility index (Phi) is 4.71. The average molecular weight is 315 g/mol. The van der Waals surface area contributed by atoms with Gasteiger partial charge in [0.2, 0.25) is 0 Å². The van der Waals surface area contributed by atoms with Crippen molar-refractivity contribution in [2.24, 2.45) is 17.3 Å². The van der Waals surface area contributed by atoms with Gasteiger partial charge in [0.15, 0.2) is 0 Å². The molecule has 3 rings (SSSR count). The molecule has 1 saturated carbocycles. The highest BCUT2D eigenvalue weighted by atomic mass is 35.5. The van der Waals surface area contributed by atoms with E-state index in [2.05, 4.69) is 24.7 Å². The fourth-order valence-electron chi connectivity index (χ4n) is 4.76. The van der Waals surface area contributed by atoms with E-state index >= 15 is 0 Å². The highest BCUT2D eigenvalue weighted by molar-refractivity contribution is 6.59. The van der Waals surface area contributed by atoms with Crippen LogP contribution in [0.25, 0.3) is 0 Å². The van der Waals surface area contributed by atoms with Crippen molar-refractivity contribution in [2.45, 2.75) is 62.2 Å². The first kappa shape index (κ1) is 17.2. The van der Waals surface area contributed by atoms with Gasteiger partial charge in [-0.15, -0.1) is 11.6 Å². The van der Waals surface area contributed by atoms with E-state index in [-0.39, 0.29) is 10.8 Å². The summed E-state index contributed by atoms with van der Waals surface area (Å²) in [5.41, 5.74) is 7.09. The summed E-state index contributed by atoms with van der Waals surface area (Å²) in [7, 11) is 17.9. The van der Waals surface area contributed by atoms with Gasteiger partial charge >= 0.3 is 0 Å². The van der Waals surface area contributed by atoms with Crippen LogP contribution < -0.4 is 10.9 Å². The van der Waals surface area contributed by atoms with Crippen molar-refractivity contribution in [3.63, 3.8) is 0 Å². The van der Waals surface area contributed by atoms with Crippen LogP contribution in [0.15, 0.2) is 0 Å². The Labute approximate surface area is 143 Å². The zero-order valence-electron chi connectivity index (χ0n) is 13.7. The lowest BCUT2D eigenvalue weighted by atomic mass is 9.47. The molecule has 1 aliphatic carbocycles. The van der Waals surface area contributed by atoms with Gasteiger partial charge in [0.1, 0.15) is 0 Å². The number of hydrogen-bond acceptors (Lipinski definition) is 3. The second-order valence-electron chi connectivity index (χ2n) is 7.91. The van der Waals surface area contributed by atoms with Gasteiger partial charge in [-0.1, -0.05) is 25.5 Å². The molecule has 0 bridgehead atoms.